The molecule has 0 aliphatic carbocycles. The Morgan fingerprint density at radius 3 is 2.79 bits per heavy atom. The Balaban J connectivity index is 1.98. The molecule has 5 nitrogen and oxygen atoms in total. The maximum absolute atomic E-state index is 12.9. The summed E-state index contributed by atoms with van der Waals surface area (Å²) in [6.07, 6.45) is 5.73. The minimum absolute atomic E-state index is 0.244. The molecule has 0 radical (unpaired) electrons. The predicted octanol–water partition coefficient (Wildman–Crippen LogP) is 3.41. The average molecular weight is 373 g/mol. The summed E-state index contributed by atoms with van der Waals surface area (Å²) in [6.45, 7) is 7.90. The summed E-state index contributed by atoms with van der Waals surface area (Å²) in [5, 5.41) is 4.44. The number of rotatable bonds is 5. The van der Waals surface area contributed by atoms with Crippen molar-refractivity contribution in [2.75, 3.05) is 12.4 Å². The lowest BCUT2D eigenvalue weighted by Gasteiger charge is -2.12. The molecule has 0 aliphatic heterocycles. The van der Waals surface area contributed by atoms with Gasteiger partial charge in [-0.3, -0.25) is 4.79 Å². The Labute approximate surface area is 164 Å². The lowest BCUT2D eigenvalue weighted by molar-refractivity contribution is 0.102. The summed E-state index contributed by atoms with van der Waals surface area (Å²) >= 11 is 0. The number of imidazole rings is 1. The van der Waals surface area contributed by atoms with Gasteiger partial charge in [-0.15, -0.1) is 0 Å². The third kappa shape index (κ3) is 4.04. The molecular formula is C23H23N3O2. The fourth-order valence-electron chi connectivity index (χ4n) is 2.85. The molecule has 0 fully saturated rings. The van der Waals surface area contributed by atoms with Crippen LogP contribution in [0.1, 0.15) is 22.8 Å². The predicted molar refractivity (Wildman–Crippen MR) is 114 cm³/mol. The molecule has 3 rings (SSSR count). The lowest BCUT2D eigenvalue weighted by atomic mass is 10.1. The monoisotopic (exact) mass is 373 g/mol. The number of nitrogens with one attached hydrogen (secondary N) is 2. The lowest BCUT2D eigenvalue weighted by Crippen LogP contribution is -2.21. The van der Waals surface area contributed by atoms with E-state index in [1.165, 1.54) is 0 Å². The third-order valence-corrected chi connectivity index (χ3v) is 4.29. The summed E-state index contributed by atoms with van der Waals surface area (Å²) < 4.78 is 5.36. The maximum Gasteiger partial charge on any atom is 0.259 e. The minimum atomic E-state index is -0.244. The van der Waals surface area contributed by atoms with Crippen molar-refractivity contribution in [3.8, 4) is 17.1 Å². The number of hydrogen-bond donors (Lipinski definition) is 2. The number of anilines is 1. The molecule has 1 heterocycles. The van der Waals surface area contributed by atoms with Crippen LogP contribution in [0.2, 0.25) is 0 Å². The van der Waals surface area contributed by atoms with Crippen LogP contribution in [0.3, 0.4) is 0 Å². The second-order valence-electron chi connectivity index (χ2n) is 6.35. The summed E-state index contributed by atoms with van der Waals surface area (Å²) in [4.78, 5) is 20.6. The number of ether oxygens (including phenoxy) is 1. The van der Waals surface area contributed by atoms with E-state index in [1.54, 1.807) is 13.2 Å². The van der Waals surface area contributed by atoms with E-state index in [-0.39, 0.29) is 5.91 Å². The number of carbonyl (C=O) groups excluding carboxylic acids is 1. The van der Waals surface area contributed by atoms with E-state index in [2.05, 4.69) is 21.9 Å². The Hall–Kier alpha value is -3.60. The quantitative estimate of drug-likeness (QED) is 0.720. The van der Waals surface area contributed by atoms with E-state index < -0.39 is 0 Å². The fraction of sp³-hybridized carbons (Fsp3) is 0.130. The number of aromatic amines is 1. The largest absolute Gasteiger partial charge is 0.496 e. The zero-order chi connectivity index (χ0) is 20.1. The number of methoxy groups -OCH3 is 1. The van der Waals surface area contributed by atoms with Crippen LogP contribution >= 0.6 is 0 Å². The Kier molecular flexibility index (Phi) is 5.75. The van der Waals surface area contributed by atoms with E-state index in [0.29, 0.717) is 22.8 Å². The zero-order valence-corrected chi connectivity index (χ0v) is 16.2. The highest BCUT2D eigenvalue weighted by atomic mass is 16.5. The van der Waals surface area contributed by atoms with E-state index in [1.807, 2.05) is 68.5 Å². The molecule has 0 saturated heterocycles. The van der Waals surface area contributed by atoms with Crippen LogP contribution in [0.15, 0.2) is 54.6 Å². The zero-order valence-electron chi connectivity index (χ0n) is 16.2. The topological polar surface area (TPSA) is 67.0 Å². The molecule has 0 bridgehead atoms. The van der Waals surface area contributed by atoms with E-state index in [9.17, 15) is 4.79 Å². The normalized spacial score (nSPS) is 11.8. The maximum atomic E-state index is 12.9. The van der Waals surface area contributed by atoms with Gasteiger partial charge in [-0.05, 0) is 49.8 Å². The van der Waals surface area contributed by atoms with Crippen LogP contribution < -0.4 is 20.8 Å². The minimum Gasteiger partial charge on any atom is -0.496 e. The first-order chi connectivity index (χ1) is 13.5. The number of aryl methyl sites for hydroxylation is 1. The van der Waals surface area contributed by atoms with Crippen LogP contribution in [0.4, 0.5) is 5.69 Å². The first kappa shape index (κ1) is 19.2. The molecule has 142 valence electrons. The molecule has 28 heavy (non-hydrogen) atoms. The number of allylic oxidation sites excluding steroid dienone is 2. The van der Waals surface area contributed by atoms with Crippen molar-refractivity contribution in [3.05, 3.63) is 76.4 Å². The second-order valence-corrected chi connectivity index (χ2v) is 6.35. The highest BCUT2D eigenvalue weighted by Crippen LogP contribution is 2.26. The molecular weight excluding hydrogens is 350 g/mol. The SMILES string of the molecule is C=c1[nH]c(-c2ccccc2NC(=O)c2ccc(C)cc2OC)n/c1=C/C=C\C. The van der Waals surface area contributed by atoms with E-state index >= 15 is 0 Å². The van der Waals surface area contributed by atoms with Crippen LogP contribution in [-0.2, 0) is 0 Å². The summed E-state index contributed by atoms with van der Waals surface area (Å²) in [5.41, 5.74) is 2.94. The van der Waals surface area contributed by atoms with Crippen molar-refractivity contribution in [3.63, 3.8) is 0 Å². The number of nitrogens with zero attached hydrogens (tertiary/aromatic N) is 1. The van der Waals surface area contributed by atoms with Gasteiger partial charge in [0.05, 0.1) is 29.1 Å². The first-order valence-corrected chi connectivity index (χ1v) is 8.97. The third-order valence-electron chi connectivity index (χ3n) is 4.29. The number of amides is 1. The number of carbonyl (C=O) groups is 1. The van der Waals surface area contributed by atoms with Crippen molar-refractivity contribution in [2.45, 2.75) is 13.8 Å². The van der Waals surface area contributed by atoms with Gasteiger partial charge >= 0.3 is 0 Å². The van der Waals surface area contributed by atoms with Gasteiger partial charge in [-0.2, -0.15) is 0 Å². The smallest absolute Gasteiger partial charge is 0.259 e. The molecule has 3 aromatic rings. The summed E-state index contributed by atoms with van der Waals surface area (Å²) in [6, 6.07) is 13.0. The van der Waals surface area contributed by atoms with Crippen molar-refractivity contribution in [1.82, 2.24) is 9.97 Å². The molecule has 0 aliphatic rings. The molecule has 0 unspecified atom stereocenters. The molecule has 2 N–H and O–H groups in total. The summed E-state index contributed by atoms with van der Waals surface area (Å²) in [7, 11) is 1.56. The van der Waals surface area contributed by atoms with Gasteiger partial charge in [0.25, 0.3) is 5.91 Å². The van der Waals surface area contributed by atoms with Crippen molar-refractivity contribution >= 4 is 24.2 Å². The average Bonchev–Trinajstić information content (AvgIpc) is 3.06. The van der Waals surface area contributed by atoms with Crippen molar-refractivity contribution in [2.24, 2.45) is 0 Å². The van der Waals surface area contributed by atoms with Crippen LogP contribution in [0.25, 0.3) is 24.0 Å². The van der Waals surface area contributed by atoms with Crippen LogP contribution in [0, 0.1) is 6.92 Å². The highest BCUT2D eigenvalue weighted by Gasteiger charge is 2.15. The van der Waals surface area contributed by atoms with Crippen molar-refractivity contribution < 1.29 is 9.53 Å². The molecule has 1 aromatic heterocycles. The number of hydrogen-bond acceptors (Lipinski definition) is 3. The number of aromatic nitrogens is 2. The van der Waals surface area contributed by atoms with Gasteiger partial charge in [0.1, 0.15) is 11.6 Å². The number of benzene rings is 2. The standard InChI is InChI=1S/C23H23N3O2/c1-5-6-10-19-16(3)24-22(25-19)17-9-7-8-11-20(17)26-23(27)18-13-12-15(2)14-21(18)28-4/h5-14H,3H2,1-2,4H3,(H,24,25)(H,26,27)/b6-5-,19-10+. The van der Waals surface area contributed by atoms with Gasteiger partial charge < -0.3 is 15.0 Å². The number of H-pyrrole nitrogens is 1. The molecule has 0 atom stereocenters. The summed E-state index contributed by atoms with van der Waals surface area (Å²) in [5.74, 6) is 0.940. The molecule has 5 heteroatoms. The molecule has 2 aromatic carbocycles. The first-order valence-electron chi connectivity index (χ1n) is 8.97. The Morgan fingerprint density at radius 2 is 2.04 bits per heavy atom. The van der Waals surface area contributed by atoms with Gasteiger partial charge in [0, 0.05) is 5.56 Å². The highest BCUT2D eigenvalue weighted by molar-refractivity contribution is 6.07. The fourth-order valence-corrected chi connectivity index (χ4v) is 2.85. The second kappa shape index (κ2) is 8.39. The molecule has 0 saturated carbocycles. The molecule has 0 spiro atoms. The van der Waals surface area contributed by atoms with Crippen molar-refractivity contribution in [1.29, 1.82) is 0 Å². The molecule has 1 amide bonds. The number of para-hydroxylation sites is 1. The van der Waals surface area contributed by atoms with Gasteiger partial charge in [-0.1, -0.05) is 36.9 Å². The Morgan fingerprint density at radius 1 is 1.25 bits per heavy atom. The van der Waals surface area contributed by atoms with Gasteiger partial charge in [0.15, 0.2) is 0 Å². The van der Waals surface area contributed by atoms with Crippen LogP contribution in [-0.4, -0.2) is 23.0 Å². The Bertz CT molecular complexity index is 1140. The van der Waals surface area contributed by atoms with E-state index in [0.717, 1.165) is 21.8 Å². The van der Waals surface area contributed by atoms with Gasteiger partial charge in [-0.25, -0.2) is 4.98 Å². The van der Waals surface area contributed by atoms with Gasteiger partial charge in [0.2, 0.25) is 0 Å². The van der Waals surface area contributed by atoms with Crippen LogP contribution in [0.5, 0.6) is 5.75 Å². The van der Waals surface area contributed by atoms with E-state index in [4.69, 9.17) is 4.74 Å².